The molecule has 0 fully saturated rings. The maximum absolute atomic E-state index is 13.5. The molecule has 5 aromatic rings. The van der Waals surface area contributed by atoms with Crippen molar-refractivity contribution in [2.24, 2.45) is 0 Å². The van der Waals surface area contributed by atoms with Crippen LogP contribution in [0.5, 0.6) is 0 Å². The van der Waals surface area contributed by atoms with Crippen LogP contribution in [-0.2, 0) is 13.1 Å². The highest BCUT2D eigenvalue weighted by Gasteiger charge is 2.14. The van der Waals surface area contributed by atoms with Crippen molar-refractivity contribution in [3.63, 3.8) is 0 Å². The number of carbonyl (C=O) groups is 1. The van der Waals surface area contributed by atoms with Crippen molar-refractivity contribution in [2.75, 3.05) is 0 Å². The van der Waals surface area contributed by atoms with Gasteiger partial charge < -0.3 is 14.9 Å². The van der Waals surface area contributed by atoms with Crippen LogP contribution in [0.25, 0.3) is 22.3 Å². The monoisotopic (exact) mass is 471 g/mol. The lowest BCUT2D eigenvalue weighted by Crippen LogP contribution is -2.32. The smallest absolute Gasteiger partial charge is 0.263 e. The van der Waals surface area contributed by atoms with Gasteiger partial charge in [-0.3, -0.25) is 14.6 Å². The van der Waals surface area contributed by atoms with Gasteiger partial charge in [0.05, 0.1) is 24.5 Å². The Balaban J connectivity index is 1.32. The van der Waals surface area contributed by atoms with E-state index in [9.17, 15) is 18.4 Å². The molecule has 0 aliphatic heterocycles. The molecule has 0 radical (unpaired) electrons. The van der Waals surface area contributed by atoms with E-state index in [-0.39, 0.29) is 18.7 Å². The number of fused-ring (bicyclic) bond motifs is 1. The van der Waals surface area contributed by atoms with E-state index in [2.05, 4.69) is 20.3 Å². The average Bonchev–Trinajstić information content (AvgIpc) is 3.30. The van der Waals surface area contributed by atoms with E-state index in [4.69, 9.17) is 0 Å². The Kier molecular flexibility index (Phi) is 5.88. The number of hydrogen-bond acceptors (Lipinski definition) is 4. The first-order chi connectivity index (χ1) is 17.0. The number of rotatable bonds is 6. The van der Waals surface area contributed by atoms with Gasteiger partial charge in [-0.1, -0.05) is 12.1 Å². The molecule has 9 heteroatoms. The normalized spacial score (nSPS) is 11.0. The first-order valence-electron chi connectivity index (χ1n) is 10.8. The maximum Gasteiger partial charge on any atom is 0.263 e. The first-order valence-corrected chi connectivity index (χ1v) is 10.8. The summed E-state index contributed by atoms with van der Waals surface area (Å²) in [5, 5.41) is 3.67. The summed E-state index contributed by atoms with van der Waals surface area (Å²) >= 11 is 0. The van der Waals surface area contributed by atoms with Crippen molar-refractivity contribution >= 4 is 16.9 Å². The fraction of sp³-hybridized carbons (Fsp3) is 0.0769. The van der Waals surface area contributed by atoms with E-state index >= 15 is 0 Å². The number of hydrogen-bond donors (Lipinski definition) is 2. The second kappa shape index (κ2) is 9.30. The summed E-state index contributed by atoms with van der Waals surface area (Å²) in [6.07, 6.45) is 5.03. The summed E-state index contributed by atoms with van der Waals surface area (Å²) in [6.45, 7) is 0.116. The Bertz CT molecular complexity index is 1610. The molecule has 5 rings (SSSR count). The molecule has 0 atom stereocenters. The number of nitrogens with zero attached hydrogens (tertiary/aromatic N) is 3. The quantitative estimate of drug-likeness (QED) is 0.391. The van der Waals surface area contributed by atoms with Crippen LogP contribution in [0, 0.1) is 11.6 Å². The summed E-state index contributed by atoms with van der Waals surface area (Å²) in [6, 6.07) is 15.7. The molecule has 0 saturated heterocycles. The minimum atomic E-state index is -0.997. The molecule has 4 aromatic heterocycles. The van der Waals surface area contributed by atoms with E-state index in [1.165, 1.54) is 22.9 Å². The number of carbonyl (C=O) groups excluding carboxylic acids is 1. The molecule has 1 amide bonds. The Morgan fingerprint density at radius 2 is 1.91 bits per heavy atom. The van der Waals surface area contributed by atoms with Gasteiger partial charge in [0, 0.05) is 29.5 Å². The van der Waals surface area contributed by atoms with Gasteiger partial charge in [0.2, 0.25) is 0 Å². The Morgan fingerprint density at radius 3 is 2.77 bits per heavy atom. The highest BCUT2D eigenvalue weighted by atomic mass is 19.2. The summed E-state index contributed by atoms with van der Waals surface area (Å²) in [4.78, 5) is 37.6. The maximum atomic E-state index is 13.5. The van der Waals surface area contributed by atoms with Crippen LogP contribution in [0.4, 0.5) is 8.78 Å². The molecule has 0 saturated carbocycles. The number of aromatic amines is 1. The number of halogens is 2. The lowest BCUT2D eigenvalue weighted by Gasteiger charge is -2.10. The number of H-pyrrole nitrogens is 1. The molecule has 7 nitrogen and oxygen atoms in total. The minimum Gasteiger partial charge on any atom is -0.346 e. The molecule has 174 valence electrons. The fourth-order valence-corrected chi connectivity index (χ4v) is 3.83. The summed E-state index contributed by atoms with van der Waals surface area (Å²) in [5.41, 5.74) is 2.79. The van der Waals surface area contributed by atoms with Gasteiger partial charge in [-0.15, -0.1) is 0 Å². The van der Waals surface area contributed by atoms with Crippen molar-refractivity contribution < 1.29 is 13.6 Å². The topological polar surface area (TPSA) is 92.7 Å². The standard InChI is InChI=1S/C26H19F2N5O2/c27-21-9-8-16(12-22(21)28)15-33-11-3-6-19(26(33)35)25(34)31-13-17-4-1-7-23(32-17)20-14-30-24-18(20)5-2-10-29-24/h1-12,14H,13,15H2,(H,29,30)(H,31,34). The van der Waals surface area contributed by atoms with Crippen LogP contribution in [0.2, 0.25) is 0 Å². The van der Waals surface area contributed by atoms with Gasteiger partial charge in [-0.25, -0.2) is 13.8 Å². The SMILES string of the molecule is O=C(NCc1cccc(-c2c[nH]c3ncccc23)n1)c1cccn(Cc2ccc(F)c(F)c2)c1=O. The molecule has 0 spiro atoms. The Hall–Kier alpha value is -4.66. The van der Waals surface area contributed by atoms with E-state index in [1.807, 2.05) is 30.5 Å². The van der Waals surface area contributed by atoms with Gasteiger partial charge >= 0.3 is 0 Å². The van der Waals surface area contributed by atoms with Gasteiger partial charge in [-0.2, -0.15) is 0 Å². The van der Waals surface area contributed by atoms with Crippen LogP contribution in [0.15, 0.2) is 84.0 Å². The summed E-state index contributed by atoms with van der Waals surface area (Å²) in [5.74, 6) is -2.52. The van der Waals surface area contributed by atoms with E-state index < -0.39 is 23.1 Å². The molecule has 0 aliphatic carbocycles. The lowest BCUT2D eigenvalue weighted by atomic mass is 10.1. The molecule has 0 aliphatic rings. The summed E-state index contributed by atoms with van der Waals surface area (Å²) in [7, 11) is 0. The fourth-order valence-electron chi connectivity index (χ4n) is 3.83. The summed E-state index contributed by atoms with van der Waals surface area (Å²) < 4.78 is 28.0. The first kappa shape index (κ1) is 22.1. The van der Waals surface area contributed by atoms with Gasteiger partial charge in [-0.05, 0) is 54.1 Å². The second-order valence-electron chi connectivity index (χ2n) is 7.90. The average molecular weight is 471 g/mol. The van der Waals surface area contributed by atoms with E-state index in [0.717, 1.165) is 34.4 Å². The third-order valence-electron chi connectivity index (χ3n) is 5.57. The molecule has 4 heterocycles. The van der Waals surface area contributed by atoms with Gasteiger partial charge in [0.1, 0.15) is 11.2 Å². The van der Waals surface area contributed by atoms with Crippen molar-refractivity contribution in [3.05, 3.63) is 118 Å². The second-order valence-corrected chi connectivity index (χ2v) is 7.90. The molecular formula is C26H19F2N5O2. The number of amides is 1. The minimum absolute atomic E-state index is 0.000231. The molecule has 1 aromatic carbocycles. The van der Waals surface area contributed by atoms with Crippen LogP contribution < -0.4 is 10.9 Å². The van der Waals surface area contributed by atoms with Crippen LogP contribution in [0.3, 0.4) is 0 Å². The zero-order valence-electron chi connectivity index (χ0n) is 18.3. The Labute approximate surface area is 198 Å². The molecule has 35 heavy (non-hydrogen) atoms. The van der Waals surface area contributed by atoms with Gasteiger partial charge in [0.25, 0.3) is 11.5 Å². The highest BCUT2D eigenvalue weighted by Crippen LogP contribution is 2.26. The number of aromatic nitrogens is 4. The lowest BCUT2D eigenvalue weighted by molar-refractivity contribution is 0.0948. The predicted molar refractivity (Wildman–Crippen MR) is 127 cm³/mol. The molecule has 0 unspecified atom stereocenters. The third-order valence-corrected chi connectivity index (χ3v) is 5.57. The van der Waals surface area contributed by atoms with Crippen LogP contribution in [-0.4, -0.2) is 25.4 Å². The Morgan fingerprint density at radius 1 is 1.03 bits per heavy atom. The number of pyridine rings is 3. The van der Waals surface area contributed by atoms with Crippen LogP contribution in [0.1, 0.15) is 21.6 Å². The van der Waals surface area contributed by atoms with Crippen molar-refractivity contribution in [3.8, 4) is 11.3 Å². The third kappa shape index (κ3) is 4.56. The highest BCUT2D eigenvalue weighted by molar-refractivity contribution is 5.94. The predicted octanol–water partition coefficient (Wildman–Crippen LogP) is 4.04. The number of nitrogens with one attached hydrogen (secondary N) is 2. The van der Waals surface area contributed by atoms with Crippen molar-refractivity contribution in [1.29, 1.82) is 0 Å². The zero-order valence-corrected chi connectivity index (χ0v) is 18.3. The zero-order chi connectivity index (χ0) is 24.4. The number of benzene rings is 1. The van der Waals surface area contributed by atoms with Crippen LogP contribution >= 0.6 is 0 Å². The largest absolute Gasteiger partial charge is 0.346 e. The molecular weight excluding hydrogens is 452 g/mol. The van der Waals surface area contributed by atoms with Crippen molar-refractivity contribution in [2.45, 2.75) is 13.1 Å². The molecule has 0 bridgehead atoms. The van der Waals surface area contributed by atoms with E-state index in [1.54, 1.807) is 18.3 Å². The van der Waals surface area contributed by atoms with Gasteiger partial charge in [0.15, 0.2) is 11.6 Å². The molecule has 2 N–H and O–H groups in total. The van der Waals surface area contributed by atoms with Crippen molar-refractivity contribution in [1.82, 2.24) is 24.8 Å². The van der Waals surface area contributed by atoms with E-state index in [0.29, 0.717) is 11.3 Å².